The Morgan fingerprint density at radius 1 is 1.18 bits per heavy atom. The van der Waals surface area contributed by atoms with E-state index in [-0.39, 0.29) is 18.1 Å². The largest absolute Gasteiger partial charge is 0.493 e. The van der Waals surface area contributed by atoms with Crippen molar-refractivity contribution in [2.45, 2.75) is 51.0 Å². The van der Waals surface area contributed by atoms with Gasteiger partial charge in [-0.2, -0.15) is 0 Å². The van der Waals surface area contributed by atoms with Crippen molar-refractivity contribution in [1.82, 2.24) is 5.32 Å². The normalized spacial score (nSPS) is 30.4. The van der Waals surface area contributed by atoms with Gasteiger partial charge >= 0.3 is 0 Å². The van der Waals surface area contributed by atoms with Crippen LogP contribution >= 0.6 is 0 Å². The molecule has 4 aliphatic rings. The van der Waals surface area contributed by atoms with E-state index in [1.165, 1.54) is 19.3 Å². The number of oxime groups is 1. The third-order valence-electron chi connectivity index (χ3n) is 6.40. The number of ether oxygens (including phenoxy) is 2. The van der Waals surface area contributed by atoms with Gasteiger partial charge in [-0.3, -0.25) is 4.79 Å². The van der Waals surface area contributed by atoms with Gasteiger partial charge in [0.25, 0.3) is 5.91 Å². The van der Waals surface area contributed by atoms with Crippen LogP contribution in [0.4, 0.5) is 0 Å². The van der Waals surface area contributed by atoms with Crippen LogP contribution in [-0.2, 0) is 9.63 Å². The lowest BCUT2D eigenvalue weighted by Crippen LogP contribution is -2.60. The third-order valence-corrected chi connectivity index (χ3v) is 6.40. The minimum absolute atomic E-state index is 0.0153. The highest BCUT2D eigenvalue weighted by Crippen LogP contribution is 2.55. The number of amides is 1. The molecule has 0 aromatic heterocycles. The van der Waals surface area contributed by atoms with Crippen molar-refractivity contribution in [3.8, 4) is 11.5 Å². The van der Waals surface area contributed by atoms with Gasteiger partial charge in [0.15, 0.2) is 18.1 Å². The van der Waals surface area contributed by atoms with Gasteiger partial charge in [0.1, 0.15) is 0 Å². The first-order valence-corrected chi connectivity index (χ1v) is 10.4. The topological polar surface area (TPSA) is 69.2 Å². The van der Waals surface area contributed by atoms with E-state index in [4.69, 9.17) is 14.3 Å². The number of hydrogen-bond donors (Lipinski definition) is 1. The fraction of sp³-hybridized carbons (Fsp3) is 0.636. The number of nitrogens with one attached hydrogen (secondary N) is 1. The minimum atomic E-state index is -0.0663. The molecule has 0 spiro atoms. The van der Waals surface area contributed by atoms with Crippen molar-refractivity contribution in [2.75, 3.05) is 20.3 Å². The predicted molar refractivity (Wildman–Crippen MR) is 107 cm³/mol. The Kier molecular flexibility index (Phi) is 5.47. The van der Waals surface area contributed by atoms with Gasteiger partial charge < -0.3 is 19.6 Å². The van der Waals surface area contributed by atoms with Crippen LogP contribution in [0.1, 0.15) is 51.0 Å². The summed E-state index contributed by atoms with van der Waals surface area (Å²) >= 11 is 0. The Labute approximate surface area is 166 Å². The second-order valence-electron chi connectivity index (χ2n) is 8.60. The van der Waals surface area contributed by atoms with Crippen LogP contribution in [0.5, 0.6) is 11.5 Å². The number of benzene rings is 1. The first-order valence-electron chi connectivity index (χ1n) is 10.4. The summed E-state index contributed by atoms with van der Waals surface area (Å²) in [6.45, 7) is 2.45. The zero-order chi connectivity index (χ0) is 19.6. The molecule has 4 aliphatic carbocycles. The van der Waals surface area contributed by atoms with E-state index in [1.54, 1.807) is 13.3 Å². The molecule has 1 aromatic rings. The molecule has 0 radical (unpaired) electrons. The lowest BCUT2D eigenvalue weighted by atomic mass is 9.53. The summed E-state index contributed by atoms with van der Waals surface area (Å²) in [4.78, 5) is 17.7. The van der Waals surface area contributed by atoms with Crippen LogP contribution in [0, 0.1) is 17.8 Å². The van der Waals surface area contributed by atoms with Gasteiger partial charge in [-0.15, -0.1) is 0 Å². The Balaban J connectivity index is 1.27. The van der Waals surface area contributed by atoms with Crippen LogP contribution in [0.2, 0.25) is 0 Å². The van der Waals surface area contributed by atoms with Gasteiger partial charge in [0.05, 0.1) is 19.9 Å². The molecular weight excluding hydrogens is 356 g/mol. The summed E-state index contributed by atoms with van der Waals surface area (Å²) in [5, 5.41) is 7.23. The van der Waals surface area contributed by atoms with E-state index in [0.29, 0.717) is 18.1 Å². The zero-order valence-corrected chi connectivity index (χ0v) is 16.8. The maximum Gasteiger partial charge on any atom is 0.261 e. The van der Waals surface area contributed by atoms with E-state index in [0.717, 1.165) is 42.6 Å². The van der Waals surface area contributed by atoms with Crippen molar-refractivity contribution >= 4 is 12.1 Å². The molecule has 4 fully saturated rings. The molecule has 0 atom stereocenters. The third kappa shape index (κ3) is 4.10. The highest BCUT2D eigenvalue weighted by Gasteiger charge is 2.51. The lowest BCUT2D eigenvalue weighted by molar-refractivity contribution is -0.131. The van der Waals surface area contributed by atoms with Crippen molar-refractivity contribution < 1.29 is 19.1 Å². The number of nitrogens with zero attached hydrogens (tertiary/aromatic N) is 1. The monoisotopic (exact) mass is 386 g/mol. The fourth-order valence-corrected chi connectivity index (χ4v) is 5.83. The molecule has 1 N–H and O–H groups in total. The second-order valence-corrected chi connectivity index (χ2v) is 8.60. The number of carbonyl (C=O) groups is 1. The average Bonchev–Trinajstić information content (AvgIpc) is 2.65. The first kappa shape index (κ1) is 19.1. The molecule has 28 heavy (non-hydrogen) atoms. The smallest absolute Gasteiger partial charge is 0.261 e. The molecule has 6 heteroatoms. The SMILES string of the molecule is CCOc1ccc(/C=N\OCC(=O)NC23CC4CC(CC(C4)C2)C3)cc1OC. The zero-order valence-electron chi connectivity index (χ0n) is 16.8. The van der Waals surface area contributed by atoms with Gasteiger partial charge in [-0.25, -0.2) is 0 Å². The van der Waals surface area contributed by atoms with E-state index in [9.17, 15) is 4.79 Å². The van der Waals surface area contributed by atoms with Crippen LogP contribution in [0.3, 0.4) is 0 Å². The second kappa shape index (κ2) is 8.02. The van der Waals surface area contributed by atoms with Gasteiger partial charge in [-0.05, 0) is 81.4 Å². The van der Waals surface area contributed by atoms with Crippen LogP contribution < -0.4 is 14.8 Å². The van der Waals surface area contributed by atoms with Crippen molar-refractivity contribution in [1.29, 1.82) is 0 Å². The minimum Gasteiger partial charge on any atom is -0.493 e. The van der Waals surface area contributed by atoms with E-state index >= 15 is 0 Å². The Bertz CT molecular complexity index is 711. The summed E-state index contributed by atoms with van der Waals surface area (Å²) in [5.41, 5.74) is 0.836. The number of hydrogen-bond acceptors (Lipinski definition) is 5. The van der Waals surface area contributed by atoms with Crippen LogP contribution in [0.25, 0.3) is 0 Å². The van der Waals surface area contributed by atoms with Crippen LogP contribution in [-0.4, -0.2) is 38.0 Å². The maximum absolute atomic E-state index is 12.4. The first-order chi connectivity index (χ1) is 13.6. The Hall–Kier alpha value is -2.24. The molecule has 1 amide bonds. The molecule has 0 aliphatic heterocycles. The average molecular weight is 386 g/mol. The highest BCUT2D eigenvalue weighted by molar-refractivity contribution is 5.81. The highest BCUT2D eigenvalue weighted by atomic mass is 16.6. The predicted octanol–water partition coefficient (Wildman–Crippen LogP) is 3.53. The van der Waals surface area contributed by atoms with E-state index in [1.807, 2.05) is 25.1 Å². The summed E-state index contributed by atoms with van der Waals surface area (Å²) in [5.74, 6) is 3.69. The molecule has 1 aromatic carbocycles. The molecule has 5 rings (SSSR count). The van der Waals surface area contributed by atoms with E-state index in [2.05, 4.69) is 10.5 Å². The number of methoxy groups -OCH3 is 1. The van der Waals surface area contributed by atoms with Gasteiger partial charge in [-0.1, -0.05) is 5.16 Å². The summed E-state index contributed by atoms with van der Waals surface area (Å²) < 4.78 is 10.8. The summed E-state index contributed by atoms with van der Waals surface area (Å²) in [6.07, 6.45) is 9.08. The quantitative estimate of drug-likeness (QED) is 0.548. The molecule has 152 valence electrons. The molecular formula is C22H30N2O4. The van der Waals surface area contributed by atoms with E-state index < -0.39 is 0 Å². The van der Waals surface area contributed by atoms with Crippen molar-refractivity contribution in [2.24, 2.45) is 22.9 Å². The molecule has 6 nitrogen and oxygen atoms in total. The summed E-state index contributed by atoms with van der Waals surface area (Å²) in [6, 6.07) is 5.53. The van der Waals surface area contributed by atoms with Gasteiger partial charge in [0.2, 0.25) is 0 Å². The molecule has 0 unspecified atom stereocenters. The maximum atomic E-state index is 12.4. The standard InChI is InChI=1S/C22H30N2O4/c1-3-27-19-5-4-15(9-20(19)26-2)13-23-28-14-21(25)24-22-10-16-6-17(11-22)8-18(7-16)12-22/h4-5,9,13,16-18H,3,6-8,10-12,14H2,1-2H3,(H,24,25)/b23-13-. The van der Waals surface area contributed by atoms with Crippen molar-refractivity contribution in [3.63, 3.8) is 0 Å². The number of rotatable bonds is 8. The molecule has 0 heterocycles. The molecule has 4 bridgehead atoms. The van der Waals surface area contributed by atoms with Crippen molar-refractivity contribution in [3.05, 3.63) is 23.8 Å². The molecule has 4 saturated carbocycles. The molecule has 0 saturated heterocycles. The number of carbonyl (C=O) groups excluding carboxylic acids is 1. The Morgan fingerprint density at radius 2 is 1.86 bits per heavy atom. The fourth-order valence-electron chi connectivity index (χ4n) is 5.83. The Morgan fingerprint density at radius 3 is 2.46 bits per heavy atom. The van der Waals surface area contributed by atoms with Crippen LogP contribution in [0.15, 0.2) is 23.4 Å². The summed E-state index contributed by atoms with van der Waals surface area (Å²) in [7, 11) is 1.60. The lowest BCUT2D eigenvalue weighted by Gasteiger charge is -2.56. The van der Waals surface area contributed by atoms with Gasteiger partial charge in [0, 0.05) is 11.1 Å².